The van der Waals surface area contributed by atoms with E-state index in [2.05, 4.69) is 20.9 Å². The zero-order valence-electron chi connectivity index (χ0n) is 25.6. The van der Waals surface area contributed by atoms with Gasteiger partial charge in [0.1, 0.15) is 40.4 Å². The second-order valence-corrected chi connectivity index (χ2v) is 13.1. The van der Waals surface area contributed by atoms with E-state index in [1.807, 2.05) is 39.8 Å². The molecule has 13 heteroatoms. The van der Waals surface area contributed by atoms with Crippen LogP contribution < -0.4 is 15.5 Å². The molecular formula is C29H42N6O7. The van der Waals surface area contributed by atoms with Gasteiger partial charge in [-0.05, 0) is 55.9 Å². The molecule has 0 unspecified atom stereocenters. The summed E-state index contributed by atoms with van der Waals surface area (Å²) in [5.41, 5.74) is -1.36. The fourth-order valence-corrected chi connectivity index (χ4v) is 5.43. The molecule has 1 aromatic heterocycles. The minimum atomic E-state index is -1.13. The van der Waals surface area contributed by atoms with Crippen molar-refractivity contribution in [3.05, 3.63) is 24.3 Å². The maximum atomic E-state index is 14.2. The Morgan fingerprint density at radius 3 is 2.40 bits per heavy atom. The van der Waals surface area contributed by atoms with E-state index in [9.17, 15) is 19.2 Å². The Balaban J connectivity index is 1.62. The van der Waals surface area contributed by atoms with Crippen molar-refractivity contribution in [1.29, 1.82) is 0 Å². The molecule has 13 nitrogen and oxygen atoms in total. The molecular weight excluding hydrogens is 544 g/mol. The lowest BCUT2D eigenvalue weighted by Crippen LogP contribution is -2.59. The summed E-state index contributed by atoms with van der Waals surface area (Å²) in [7, 11) is 1.29. The summed E-state index contributed by atoms with van der Waals surface area (Å²) in [5.74, 6) is -1.55. The molecule has 2 aliphatic rings. The molecule has 2 N–H and O–H groups in total. The number of hydrogen-bond acceptors (Lipinski definition) is 9. The van der Waals surface area contributed by atoms with Gasteiger partial charge in [-0.2, -0.15) is 0 Å². The van der Waals surface area contributed by atoms with Crippen molar-refractivity contribution in [2.75, 3.05) is 13.7 Å². The van der Waals surface area contributed by atoms with Gasteiger partial charge >= 0.3 is 12.1 Å². The van der Waals surface area contributed by atoms with Gasteiger partial charge in [-0.25, -0.2) is 9.59 Å². The van der Waals surface area contributed by atoms with Crippen molar-refractivity contribution in [2.45, 2.75) is 97.1 Å². The Kier molecular flexibility index (Phi) is 8.43. The van der Waals surface area contributed by atoms with Crippen molar-refractivity contribution in [2.24, 2.45) is 11.3 Å². The third-order valence-electron chi connectivity index (χ3n) is 7.69. The number of methoxy groups -OCH3 is 1. The topological polar surface area (TPSA) is 154 Å². The first-order valence-electron chi connectivity index (χ1n) is 14.3. The average Bonchev–Trinajstić information content (AvgIpc) is 3.23. The van der Waals surface area contributed by atoms with Crippen molar-refractivity contribution >= 4 is 34.9 Å². The lowest BCUT2D eigenvalue weighted by molar-refractivity contribution is -0.148. The van der Waals surface area contributed by atoms with E-state index in [1.54, 1.807) is 32.9 Å². The highest BCUT2D eigenvalue weighted by Gasteiger charge is 2.62. The highest BCUT2D eigenvalue weighted by molar-refractivity contribution is 5.96. The van der Waals surface area contributed by atoms with Gasteiger partial charge in [0, 0.05) is 6.42 Å². The molecule has 0 spiro atoms. The number of alkyl carbamates (subject to hydrolysis) is 1. The highest BCUT2D eigenvalue weighted by atomic mass is 16.7. The van der Waals surface area contributed by atoms with E-state index >= 15 is 0 Å². The first kappa shape index (κ1) is 31.0. The van der Waals surface area contributed by atoms with Crippen LogP contribution in [-0.2, 0) is 23.9 Å². The van der Waals surface area contributed by atoms with E-state index in [1.165, 1.54) is 16.9 Å². The first-order chi connectivity index (χ1) is 19.6. The number of benzene rings is 1. The number of aromatic nitrogens is 3. The molecule has 0 bridgehead atoms. The lowest BCUT2D eigenvalue weighted by Gasteiger charge is -2.36. The number of rotatable bonds is 8. The van der Waals surface area contributed by atoms with E-state index in [-0.39, 0.29) is 18.9 Å². The van der Waals surface area contributed by atoms with Gasteiger partial charge in [-0.3, -0.25) is 9.59 Å². The van der Waals surface area contributed by atoms with Crippen LogP contribution in [0.2, 0.25) is 0 Å². The Morgan fingerprint density at radius 1 is 1.12 bits per heavy atom. The molecule has 42 heavy (non-hydrogen) atoms. The number of ether oxygens (including phenoxy) is 2. The Labute approximate surface area is 245 Å². The molecule has 3 amide bonds. The number of amides is 3. The van der Waals surface area contributed by atoms with Crippen LogP contribution in [0, 0.1) is 11.3 Å². The van der Waals surface area contributed by atoms with Gasteiger partial charge < -0.3 is 29.8 Å². The standard InChI is InChI=1S/C29H42N6O7/c1-9-17-15-29(17,25(38)40-8)31-23(36)21-14-18(42-35-20-13-11-10-12-19(20)32-33-35)16-34(21)24(37)22(27(2,3)4)30-26(39)41-28(5,6)7/h10-13,17-18,21-22H,9,14-16H2,1-8H3,(H,30,39)(H,31,36)/t17-,18-,21+,22-,29-/m1/s1. The van der Waals surface area contributed by atoms with Crippen LogP contribution in [-0.4, -0.2) is 86.9 Å². The first-order valence-corrected chi connectivity index (χ1v) is 14.3. The lowest BCUT2D eigenvalue weighted by atomic mass is 9.85. The molecule has 1 saturated heterocycles. The summed E-state index contributed by atoms with van der Waals surface area (Å²) >= 11 is 0. The largest absolute Gasteiger partial charge is 0.467 e. The highest BCUT2D eigenvalue weighted by Crippen LogP contribution is 2.47. The predicted molar refractivity (Wildman–Crippen MR) is 152 cm³/mol. The molecule has 2 fully saturated rings. The van der Waals surface area contributed by atoms with E-state index in [0.29, 0.717) is 23.9 Å². The molecule has 5 atom stereocenters. The minimum Gasteiger partial charge on any atom is -0.467 e. The summed E-state index contributed by atoms with van der Waals surface area (Å²) in [6, 6.07) is 5.26. The Morgan fingerprint density at radius 2 is 1.81 bits per heavy atom. The van der Waals surface area contributed by atoms with Gasteiger partial charge in [0.2, 0.25) is 11.8 Å². The zero-order chi connectivity index (χ0) is 31.0. The molecule has 0 radical (unpaired) electrons. The number of nitrogens with zero attached hydrogens (tertiary/aromatic N) is 4. The summed E-state index contributed by atoms with van der Waals surface area (Å²) in [6.07, 6.45) is -0.111. The van der Waals surface area contributed by atoms with Gasteiger partial charge in [0.05, 0.1) is 13.7 Å². The summed E-state index contributed by atoms with van der Waals surface area (Å²) in [6.45, 7) is 12.6. The van der Waals surface area contributed by atoms with E-state index < -0.39 is 58.6 Å². The van der Waals surface area contributed by atoms with Gasteiger partial charge in [-0.1, -0.05) is 51.1 Å². The van der Waals surface area contributed by atoms with Crippen LogP contribution in [0.3, 0.4) is 0 Å². The van der Waals surface area contributed by atoms with Crippen LogP contribution in [0.25, 0.3) is 11.0 Å². The fraction of sp³-hybridized carbons (Fsp3) is 0.655. The van der Waals surface area contributed by atoms with Crippen molar-refractivity contribution in [3.63, 3.8) is 0 Å². The normalized spacial score (nSPS) is 24.6. The van der Waals surface area contributed by atoms with Crippen LogP contribution >= 0.6 is 0 Å². The molecule has 1 aromatic carbocycles. The second kappa shape index (κ2) is 11.4. The number of fused-ring (bicyclic) bond motifs is 1. The Bertz CT molecular complexity index is 1350. The quantitative estimate of drug-likeness (QED) is 0.443. The van der Waals surface area contributed by atoms with E-state index in [0.717, 1.165) is 0 Å². The number of carbonyl (C=O) groups is 4. The summed E-state index contributed by atoms with van der Waals surface area (Å²) < 4.78 is 10.4. The molecule has 1 aliphatic heterocycles. The van der Waals surface area contributed by atoms with Crippen molar-refractivity contribution < 1.29 is 33.5 Å². The molecule has 2 heterocycles. The number of carbonyl (C=O) groups excluding carboxylic acids is 4. The van der Waals surface area contributed by atoms with Crippen LogP contribution in [0.1, 0.15) is 67.7 Å². The maximum absolute atomic E-state index is 14.2. The maximum Gasteiger partial charge on any atom is 0.408 e. The SMILES string of the molecule is CC[C@@H]1C[C@]1(NC(=O)[C@@H]1C[C@@H](On2nnc3ccccc32)CN1C(=O)[C@@H](NC(=O)OC(C)(C)C)C(C)(C)C)C(=O)OC. The van der Waals surface area contributed by atoms with Gasteiger partial charge in [0.25, 0.3) is 0 Å². The summed E-state index contributed by atoms with van der Waals surface area (Å²) in [5, 5.41) is 13.8. The molecule has 230 valence electrons. The van der Waals surface area contributed by atoms with Crippen molar-refractivity contribution in [1.82, 2.24) is 30.7 Å². The number of para-hydroxylation sites is 1. The zero-order valence-corrected chi connectivity index (χ0v) is 25.6. The molecule has 1 saturated carbocycles. The average molecular weight is 587 g/mol. The van der Waals surface area contributed by atoms with Crippen molar-refractivity contribution in [3.8, 4) is 0 Å². The molecule has 1 aliphatic carbocycles. The number of nitrogens with one attached hydrogen (secondary N) is 2. The summed E-state index contributed by atoms with van der Waals surface area (Å²) in [4.78, 5) is 62.2. The second-order valence-electron chi connectivity index (χ2n) is 13.1. The molecule has 2 aromatic rings. The number of esters is 1. The smallest absolute Gasteiger partial charge is 0.408 e. The Hall–Kier alpha value is -3.90. The predicted octanol–water partition coefficient (Wildman–Crippen LogP) is 2.23. The van der Waals surface area contributed by atoms with Crippen LogP contribution in [0.15, 0.2) is 24.3 Å². The third-order valence-corrected chi connectivity index (χ3v) is 7.69. The minimum absolute atomic E-state index is 0.0378. The molecule has 4 rings (SSSR count). The number of hydrogen-bond donors (Lipinski definition) is 2. The third kappa shape index (κ3) is 6.44. The van der Waals surface area contributed by atoms with Crippen LogP contribution in [0.5, 0.6) is 0 Å². The van der Waals surface area contributed by atoms with Gasteiger partial charge in [0.15, 0.2) is 0 Å². The number of likely N-dealkylation sites (tertiary alicyclic amines) is 1. The monoisotopic (exact) mass is 586 g/mol. The van der Waals surface area contributed by atoms with E-state index in [4.69, 9.17) is 14.3 Å². The van der Waals surface area contributed by atoms with Gasteiger partial charge in [-0.15, -0.1) is 5.10 Å². The fourth-order valence-electron chi connectivity index (χ4n) is 5.43. The van der Waals surface area contributed by atoms with Crippen LogP contribution in [0.4, 0.5) is 4.79 Å².